The molecule has 0 spiro atoms. The number of carbonyl (C=O) groups excluding carboxylic acids is 3. The number of thiazole rings is 2. The average Bonchev–Trinajstić information content (AvgIpc) is 3.53. The fourth-order valence-corrected chi connectivity index (χ4v) is 5.71. The minimum atomic E-state index is -1.18. The third kappa shape index (κ3) is 9.89. The van der Waals surface area contributed by atoms with Crippen molar-refractivity contribution < 1.29 is 24.6 Å². The SMILES string of the molecule is C[C@H](C(=O)N[C@H](C(=O)NCCc1nc(-c2nc(C(=O)NCCC[S+](C)C)cs2)cs1)[C@@H](C)O)[C@H](O)[C@@H](C)N. The molecule has 7 N–H and O–H groups in total. The van der Waals surface area contributed by atoms with Gasteiger partial charge in [-0.05, 0) is 24.7 Å². The van der Waals surface area contributed by atoms with Crippen LogP contribution in [-0.2, 0) is 26.9 Å². The fraction of sp³-hybridized carbons (Fsp3) is 0.625. The molecule has 0 aliphatic rings. The molecule has 2 aromatic rings. The average molecular weight is 588 g/mol. The van der Waals surface area contributed by atoms with Crippen molar-refractivity contribution in [2.75, 3.05) is 31.4 Å². The van der Waals surface area contributed by atoms with E-state index in [9.17, 15) is 24.6 Å². The quantitative estimate of drug-likeness (QED) is 0.126. The van der Waals surface area contributed by atoms with Crippen molar-refractivity contribution >= 4 is 51.3 Å². The molecule has 212 valence electrons. The maximum atomic E-state index is 12.6. The molecule has 14 heteroatoms. The van der Waals surface area contributed by atoms with Crippen LogP contribution in [0.4, 0.5) is 0 Å². The Labute approximate surface area is 234 Å². The predicted octanol–water partition coefficient (Wildman–Crippen LogP) is 0.133. The van der Waals surface area contributed by atoms with Crippen molar-refractivity contribution in [2.45, 2.75) is 57.9 Å². The summed E-state index contributed by atoms with van der Waals surface area (Å²) in [5.41, 5.74) is 6.68. The van der Waals surface area contributed by atoms with E-state index in [4.69, 9.17) is 5.73 Å². The lowest BCUT2D eigenvalue weighted by atomic mass is 9.98. The van der Waals surface area contributed by atoms with Crippen LogP contribution in [0.15, 0.2) is 10.8 Å². The second-order valence-electron chi connectivity index (χ2n) is 9.37. The molecule has 0 aromatic carbocycles. The second kappa shape index (κ2) is 15.5. The standard InChI is InChI=1S/C24H38N6O5S3/c1-13(20(32)14(2)25)21(33)30-19(15(3)31)23(35)27-9-7-18-28-17(12-36-18)24-29-16(11-37-24)22(34)26-8-6-10-38(4)5/h11-15,19-20,31-32H,6-10,25H2,1-5H3,(H2-,26,27,30,33,34,35)/p+1/t13-,14+,15+,19-,20-/m0/s1. The van der Waals surface area contributed by atoms with Crippen LogP contribution in [0.5, 0.6) is 0 Å². The first-order chi connectivity index (χ1) is 17.9. The first-order valence-electron chi connectivity index (χ1n) is 12.3. The number of nitrogens with one attached hydrogen (secondary N) is 3. The molecule has 0 unspecified atom stereocenters. The summed E-state index contributed by atoms with van der Waals surface area (Å²) in [6, 6.07) is -1.80. The molecule has 0 bridgehead atoms. The largest absolute Gasteiger partial charge is 0.391 e. The van der Waals surface area contributed by atoms with Crippen LogP contribution in [0.25, 0.3) is 10.7 Å². The highest BCUT2D eigenvalue weighted by Gasteiger charge is 2.31. The summed E-state index contributed by atoms with van der Waals surface area (Å²) in [5, 5.41) is 33.1. The van der Waals surface area contributed by atoms with Gasteiger partial charge in [0, 0.05) is 42.7 Å². The number of aliphatic hydroxyl groups is 2. The Balaban J connectivity index is 1.86. The molecule has 5 atom stereocenters. The number of hydrogen-bond acceptors (Lipinski definition) is 10. The highest BCUT2D eigenvalue weighted by molar-refractivity contribution is 7.95. The van der Waals surface area contributed by atoms with Gasteiger partial charge < -0.3 is 31.9 Å². The smallest absolute Gasteiger partial charge is 0.270 e. The van der Waals surface area contributed by atoms with E-state index < -0.39 is 42.0 Å². The van der Waals surface area contributed by atoms with Gasteiger partial charge in [-0.25, -0.2) is 9.97 Å². The maximum absolute atomic E-state index is 12.6. The summed E-state index contributed by atoms with van der Waals surface area (Å²) in [5.74, 6) is -1.08. The Morgan fingerprint density at radius 3 is 2.37 bits per heavy atom. The molecule has 0 fully saturated rings. The van der Waals surface area contributed by atoms with E-state index in [2.05, 4.69) is 38.4 Å². The van der Waals surface area contributed by atoms with Gasteiger partial charge in [-0.15, -0.1) is 22.7 Å². The van der Waals surface area contributed by atoms with Gasteiger partial charge >= 0.3 is 0 Å². The highest BCUT2D eigenvalue weighted by atomic mass is 32.2. The van der Waals surface area contributed by atoms with Gasteiger partial charge in [0.2, 0.25) is 11.8 Å². The minimum Gasteiger partial charge on any atom is -0.391 e. The third-order valence-electron chi connectivity index (χ3n) is 5.69. The van der Waals surface area contributed by atoms with E-state index in [0.29, 0.717) is 40.3 Å². The van der Waals surface area contributed by atoms with Crippen LogP contribution in [0.2, 0.25) is 0 Å². The van der Waals surface area contributed by atoms with Gasteiger partial charge in [0.05, 0.1) is 35.6 Å². The molecule has 38 heavy (non-hydrogen) atoms. The summed E-state index contributed by atoms with van der Waals surface area (Å²) in [6.07, 6.45) is 3.50. The number of rotatable bonds is 15. The number of nitrogens with zero attached hydrogens (tertiary/aromatic N) is 2. The zero-order valence-electron chi connectivity index (χ0n) is 22.4. The molecule has 0 aliphatic heterocycles. The molecule has 0 saturated heterocycles. The van der Waals surface area contributed by atoms with Crippen molar-refractivity contribution in [3.05, 3.63) is 21.5 Å². The normalized spacial score (nSPS) is 15.4. The number of aromatic nitrogens is 2. The first-order valence-corrected chi connectivity index (χ1v) is 16.3. The van der Waals surface area contributed by atoms with Crippen molar-refractivity contribution in [3.63, 3.8) is 0 Å². The van der Waals surface area contributed by atoms with E-state index in [1.54, 1.807) is 12.3 Å². The summed E-state index contributed by atoms with van der Waals surface area (Å²) in [6.45, 7) is 5.35. The van der Waals surface area contributed by atoms with E-state index in [0.717, 1.165) is 17.2 Å². The summed E-state index contributed by atoms with van der Waals surface area (Å²) in [7, 11) is 0.354. The molecule has 0 radical (unpaired) electrons. The Kier molecular flexibility index (Phi) is 13.1. The molecule has 2 heterocycles. The summed E-state index contributed by atoms with van der Waals surface area (Å²) >= 11 is 2.76. The third-order valence-corrected chi connectivity index (χ3v) is 8.57. The lowest BCUT2D eigenvalue weighted by Gasteiger charge is -2.26. The maximum Gasteiger partial charge on any atom is 0.270 e. The van der Waals surface area contributed by atoms with Gasteiger partial charge in [0.25, 0.3) is 5.91 Å². The Bertz CT molecular complexity index is 1060. The van der Waals surface area contributed by atoms with Gasteiger partial charge in [0.15, 0.2) is 0 Å². The van der Waals surface area contributed by atoms with Crippen molar-refractivity contribution in [2.24, 2.45) is 11.7 Å². The summed E-state index contributed by atoms with van der Waals surface area (Å²) < 4.78 is 0. The molecule has 2 aromatic heterocycles. The molecule has 11 nitrogen and oxygen atoms in total. The Hall–Kier alpha value is -2.10. The van der Waals surface area contributed by atoms with E-state index in [1.807, 2.05) is 5.38 Å². The van der Waals surface area contributed by atoms with Crippen LogP contribution in [0.1, 0.15) is 42.7 Å². The number of aliphatic hydroxyl groups excluding tert-OH is 2. The topological polar surface area (TPSA) is 180 Å². The van der Waals surface area contributed by atoms with Crippen molar-refractivity contribution in [1.29, 1.82) is 0 Å². The first kappa shape index (κ1) is 32.1. The van der Waals surface area contributed by atoms with Crippen molar-refractivity contribution in [3.8, 4) is 10.7 Å². The fourth-order valence-electron chi connectivity index (χ4n) is 3.38. The molecule has 0 aliphatic carbocycles. The van der Waals surface area contributed by atoms with Crippen LogP contribution < -0.4 is 21.7 Å². The van der Waals surface area contributed by atoms with Crippen LogP contribution in [0.3, 0.4) is 0 Å². The van der Waals surface area contributed by atoms with Gasteiger partial charge in [0.1, 0.15) is 28.2 Å². The predicted molar refractivity (Wildman–Crippen MR) is 153 cm³/mol. The minimum absolute atomic E-state index is 0.195. The number of hydrogen-bond donors (Lipinski definition) is 6. The van der Waals surface area contributed by atoms with Crippen LogP contribution in [0, 0.1) is 5.92 Å². The lowest BCUT2D eigenvalue weighted by molar-refractivity contribution is -0.135. The summed E-state index contributed by atoms with van der Waals surface area (Å²) in [4.78, 5) is 46.3. The molecule has 3 amide bonds. The Morgan fingerprint density at radius 1 is 1.03 bits per heavy atom. The van der Waals surface area contributed by atoms with Gasteiger partial charge in [-0.1, -0.05) is 6.92 Å². The zero-order valence-corrected chi connectivity index (χ0v) is 24.8. The molecular formula is C24H39N6O5S3+. The van der Waals surface area contributed by atoms with E-state index in [1.165, 1.54) is 36.5 Å². The van der Waals surface area contributed by atoms with Crippen LogP contribution >= 0.6 is 22.7 Å². The lowest BCUT2D eigenvalue weighted by Crippen LogP contribution is -2.55. The highest BCUT2D eigenvalue weighted by Crippen LogP contribution is 2.25. The van der Waals surface area contributed by atoms with Gasteiger partial charge in [-0.2, -0.15) is 0 Å². The second-order valence-corrected chi connectivity index (χ2v) is 13.6. The van der Waals surface area contributed by atoms with Crippen molar-refractivity contribution in [1.82, 2.24) is 25.9 Å². The van der Waals surface area contributed by atoms with E-state index in [-0.39, 0.29) is 12.5 Å². The van der Waals surface area contributed by atoms with E-state index >= 15 is 0 Å². The zero-order chi connectivity index (χ0) is 28.4. The Morgan fingerprint density at radius 2 is 1.74 bits per heavy atom. The number of amides is 3. The van der Waals surface area contributed by atoms with Crippen LogP contribution in [-0.4, -0.2) is 93.5 Å². The molecular weight excluding hydrogens is 549 g/mol. The number of carbonyl (C=O) groups is 3. The number of nitrogens with two attached hydrogens (primary N) is 1. The van der Waals surface area contributed by atoms with Gasteiger partial charge in [-0.3, -0.25) is 14.4 Å². The monoisotopic (exact) mass is 587 g/mol. The molecule has 0 saturated carbocycles. The molecule has 2 rings (SSSR count).